The topological polar surface area (TPSA) is 44.9 Å². The van der Waals surface area contributed by atoms with E-state index >= 15 is 0 Å². The normalized spacial score (nSPS) is 10.7. The number of para-hydroxylation sites is 1. The predicted molar refractivity (Wildman–Crippen MR) is 77.5 cm³/mol. The Morgan fingerprint density at radius 2 is 2.00 bits per heavy atom. The van der Waals surface area contributed by atoms with Gasteiger partial charge in [0.2, 0.25) is 0 Å². The molecule has 0 unspecified atom stereocenters. The molecule has 2 aromatic carbocycles. The summed E-state index contributed by atoms with van der Waals surface area (Å²) in [4.78, 5) is 15.3. The SMILES string of the molecule is O=C(CNc1cccc(F)c1)c1c[nH]c2ccccc12. The van der Waals surface area contributed by atoms with Crippen LogP contribution in [0.25, 0.3) is 10.9 Å². The number of nitrogens with one attached hydrogen (secondary N) is 2. The predicted octanol–water partition coefficient (Wildman–Crippen LogP) is 3.60. The molecule has 0 saturated carbocycles. The Morgan fingerprint density at radius 3 is 2.85 bits per heavy atom. The van der Waals surface area contributed by atoms with Crippen LogP contribution in [0.2, 0.25) is 0 Å². The number of rotatable bonds is 4. The summed E-state index contributed by atoms with van der Waals surface area (Å²) in [5.74, 6) is -0.360. The molecule has 0 fully saturated rings. The minimum Gasteiger partial charge on any atom is -0.377 e. The molecule has 2 N–H and O–H groups in total. The fraction of sp³-hybridized carbons (Fsp3) is 0.0625. The standard InChI is InChI=1S/C16H13FN2O/c17-11-4-3-5-12(8-11)18-10-16(20)14-9-19-15-7-2-1-6-13(14)15/h1-9,18-19H,10H2. The average Bonchev–Trinajstić information content (AvgIpc) is 2.89. The van der Waals surface area contributed by atoms with Gasteiger partial charge >= 0.3 is 0 Å². The van der Waals surface area contributed by atoms with Gasteiger partial charge in [0, 0.05) is 28.4 Å². The van der Waals surface area contributed by atoms with Gasteiger partial charge in [-0.1, -0.05) is 24.3 Å². The van der Waals surface area contributed by atoms with Crippen LogP contribution in [0.1, 0.15) is 10.4 Å². The number of Topliss-reactive ketones (excluding diaryl/α,β-unsaturated/α-hetero) is 1. The van der Waals surface area contributed by atoms with Crippen LogP contribution < -0.4 is 5.32 Å². The van der Waals surface area contributed by atoms with Crippen molar-refractivity contribution in [1.29, 1.82) is 0 Å². The second-order valence-electron chi connectivity index (χ2n) is 4.54. The molecule has 0 aliphatic rings. The number of ketones is 1. The molecule has 1 heterocycles. The molecule has 0 aliphatic carbocycles. The van der Waals surface area contributed by atoms with Gasteiger partial charge in [-0.25, -0.2) is 4.39 Å². The summed E-state index contributed by atoms with van der Waals surface area (Å²) in [7, 11) is 0. The summed E-state index contributed by atoms with van der Waals surface area (Å²) in [5.41, 5.74) is 2.17. The number of aromatic amines is 1. The van der Waals surface area contributed by atoms with Crippen LogP contribution in [-0.2, 0) is 0 Å². The molecule has 1 aromatic heterocycles. The Hall–Kier alpha value is -2.62. The highest BCUT2D eigenvalue weighted by Crippen LogP contribution is 2.18. The lowest BCUT2D eigenvalue weighted by Gasteiger charge is -2.05. The van der Waals surface area contributed by atoms with E-state index in [2.05, 4.69) is 10.3 Å². The van der Waals surface area contributed by atoms with Gasteiger partial charge in [0.15, 0.2) is 5.78 Å². The third-order valence-electron chi connectivity index (χ3n) is 3.17. The Labute approximate surface area is 115 Å². The summed E-state index contributed by atoms with van der Waals surface area (Å²) in [6.07, 6.45) is 1.71. The van der Waals surface area contributed by atoms with Gasteiger partial charge in [0.25, 0.3) is 0 Å². The van der Waals surface area contributed by atoms with Gasteiger partial charge in [-0.15, -0.1) is 0 Å². The summed E-state index contributed by atoms with van der Waals surface area (Å²) >= 11 is 0. The van der Waals surface area contributed by atoms with Crippen LogP contribution in [0, 0.1) is 5.82 Å². The number of halogens is 1. The maximum absolute atomic E-state index is 13.0. The maximum Gasteiger partial charge on any atom is 0.183 e. The first-order valence-corrected chi connectivity index (χ1v) is 6.33. The molecule has 0 amide bonds. The second-order valence-corrected chi connectivity index (χ2v) is 4.54. The number of anilines is 1. The summed E-state index contributed by atoms with van der Waals surface area (Å²) < 4.78 is 13.0. The van der Waals surface area contributed by atoms with Crippen molar-refractivity contribution in [1.82, 2.24) is 4.98 Å². The van der Waals surface area contributed by atoms with Gasteiger partial charge in [0.05, 0.1) is 6.54 Å². The lowest BCUT2D eigenvalue weighted by atomic mass is 10.1. The van der Waals surface area contributed by atoms with E-state index in [0.29, 0.717) is 11.3 Å². The zero-order valence-electron chi connectivity index (χ0n) is 10.7. The van der Waals surface area contributed by atoms with Crippen molar-refractivity contribution in [3.05, 3.63) is 66.1 Å². The smallest absolute Gasteiger partial charge is 0.183 e. The largest absolute Gasteiger partial charge is 0.377 e. The first-order valence-electron chi connectivity index (χ1n) is 6.33. The van der Waals surface area contributed by atoms with Crippen molar-refractivity contribution in [2.75, 3.05) is 11.9 Å². The molecule has 0 radical (unpaired) electrons. The Bertz CT molecular complexity index is 764. The maximum atomic E-state index is 13.0. The third-order valence-corrected chi connectivity index (χ3v) is 3.17. The molecular weight excluding hydrogens is 255 g/mol. The summed E-state index contributed by atoms with van der Waals surface area (Å²) in [6, 6.07) is 13.7. The number of benzene rings is 2. The van der Waals surface area contributed by atoms with Gasteiger partial charge < -0.3 is 10.3 Å². The molecule has 3 nitrogen and oxygen atoms in total. The Kier molecular flexibility index (Phi) is 3.21. The molecule has 100 valence electrons. The number of hydrogen-bond donors (Lipinski definition) is 2. The van der Waals surface area contributed by atoms with Crippen molar-refractivity contribution in [3.8, 4) is 0 Å². The van der Waals surface area contributed by atoms with E-state index in [1.807, 2.05) is 24.3 Å². The van der Waals surface area contributed by atoms with E-state index in [9.17, 15) is 9.18 Å². The van der Waals surface area contributed by atoms with Gasteiger partial charge in [0.1, 0.15) is 5.82 Å². The number of aromatic nitrogens is 1. The highest BCUT2D eigenvalue weighted by Gasteiger charge is 2.11. The van der Waals surface area contributed by atoms with Crippen molar-refractivity contribution < 1.29 is 9.18 Å². The fourth-order valence-electron chi connectivity index (χ4n) is 2.18. The molecule has 0 saturated heterocycles. The van der Waals surface area contributed by atoms with Gasteiger partial charge in [-0.3, -0.25) is 4.79 Å². The van der Waals surface area contributed by atoms with Crippen LogP contribution in [0.5, 0.6) is 0 Å². The number of hydrogen-bond acceptors (Lipinski definition) is 2. The number of H-pyrrole nitrogens is 1. The Morgan fingerprint density at radius 1 is 1.15 bits per heavy atom. The quantitative estimate of drug-likeness (QED) is 0.710. The third kappa shape index (κ3) is 2.40. The average molecular weight is 268 g/mol. The van der Waals surface area contributed by atoms with Crippen molar-refractivity contribution in [2.24, 2.45) is 0 Å². The molecule has 0 atom stereocenters. The van der Waals surface area contributed by atoms with E-state index in [0.717, 1.165) is 10.9 Å². The molecule has 0 aliphatic heterocycles. The molecule has 20 heavy (non-hydrogen) atoms. The molecular formula is C16H13FN2O. The number of carbonyl (C=O) groups excluding carboxylic acids is 1. The van der Waals surface area contributed by atoms with Crippen LogP contribution in [0.15, 0.2) is 54.7 Å². The first kappa shape index (κ1) is 12.4. The van der Waals surface area contributed by atoms with Crippen LogP contribution >= 0.6 is 0 Å². The van der Waals surface area contributed by atoms with E-state index in [4.69, 9.17) is 0 Å². The monoisotopic (exact) mass is 268 g/mol. The van der Waals surface area contributed by atoms with E-state index in [1.165, 1.54) is 12.1 Å². The highest BCUT2D eigenvalue weighted by atomic mass is 19.1. The summed E-state index contributed by atoms with van der Waals surface area (Å²) in [6.45, 7) is 0.130. The zero-order valence-corrected chi connectivity index (χ0v) is 10.7. The van der Waals surface area contributed by atoms with E-state index in [1.54, 1.807) is 18.3 Å². The minimum absolute atomic E-state index is 0.0355. The molecule has 4 heteroatoms. The van der Waals surface area contributed by atoms with Gasteiger partial charge in [-0.2, -0.15) is 0 Å². The number of carbonyl (C=O) groups is 1. The second kappa shape index (κ2) is 5.17. The number of fused-ring (bicyclic) bond motifs is 1. The molecule has 3 aromatic rings. The van der Waals surface area contributed by atoms with Crippen molar-refractivity contribution in [3.63, 3.8) is 0 Å². The Balaban J connectivity index is 1.76. The highest BCUT2D eigenvalue weighted by molar-refractivity contribution is 6.09. The molecule has 0 bridgehead atoms. The first-order chi connectivity index (χ1) is 9.74. The summed E-state index contributed by atoms with van der Waals surface area (Å²) in [5, 5.41) is 3.84. The van der Waals surface area contributed by atoms with Crippen LogP contribution in [-0.4, -0.2) is 17.3 Å². The molecule has 0 spiro atoms. The van der Waals surface area contributed by atoms with Crippen molar-refractivity contribution in [2.45, 2.75) is 0 Å². The van der Waals surface area contributed by atoms with E-state index < -0.39 is 0 Å². The minimum atomic E-state index is -0.324. The van der Waals surface area contributed by atoms with Crippen molar-refractivity contribution >= 4 is 22.4 Å². The zero-order chi connectivity index (χ0) is 13.9. The fourth-order valence-corrected chi connectivity index (χ4v) is 2.18. The van der Waals surface area contributed by atoms with Crippen LogP contribution in [0.4, 0.5) is 10.1 Å². The molecule has 3 rings (SSSR count). The van der Waals surface area contributed by atoms with E-state index in [-0.39, 0.29) is 18.1 Å². The lowest BCUT2D eigenvalue weighted by Crippen LogP contribution is -2.13. The van der Waals surface area contributed by atoms with Gasteiger partial charge in [-0.05, 0) is 24.3 Å². The lowest BCUT2D eigenvalue weighted by molar-refractivity contribution is 0.101. The van der Waals surface area contributed by atoms with Crippen LogP contribution in [0.3, 0.4) is 0 Å².